The Hall–Kier alpha value is -1.39. The summed E-state index contributed by atoms with van der Waals surface area (Å²) in [4.78, 5) is 13.9. The second kappa shape index (κ2) is 7.04. The largest absolute Gasteiger partial charge is 0.351 e. The summed E-state index contributed by atoms with van der Waals surface area (Å²) >= 11 is 0. The summed E-state index contributed by atoms with van der Waals surface area (Å²) in [6.07, 6.45) is 0. The molecule has 0 spiro atoms. The molecule has 0 atom stereocenters. The molecule has 1 aromatic rings. The average molecular weight is 235 g/mol. The Morgan fingerprint density at radius 1 is 1.35 bits per heavy atom. The van der Waals surface area contributed by atoms with Gasteiger partial charge in [0, 0.05) is 25.2 Å². The lowest BCUT2D eigenvalue weighted by molar-refractivity contribution is 0.0951. The van der Waals surface area contributed by atoms with Crippen LogP contribution < -0.4 is 10.6 Å². The molecule has 0 saturated heterocycles. The smallest absolute Gasteiger partial charge is 0.251 e. The van der Waals surface area contributed by atoms with Gasteiger partial charge < -0.3 is 15.5 Å². The molecule has 0 aromatic heterocycles. The molecule has 0 bridgehead atoms. The zero-order valence-electron chi connectivity index (χ0n) is 10.8. The first-order valence-electron chi connectivity index (χ1n) is 5.80. The predicted octanol–water partition coefficient (Wildman–Crippen LogP) is 0.697. The number of hydrogen-bond acceptors (Lipinski definition) is 3. The Morgan fingerprint density at radius 2 is 2.12 bits per heavy atom. The molecule has 17 heavy (non-hydrogen) atoms. The van der Waals surface area contributed by atoms with Crippen molar-refractivity contribution in [3.8, 4) is 0 Å². The monoisotopic (exact) mass is 235 g/mol. The van der Waals surface area contributed by atoms with E-state index in [0.29, 0.717) is 6.54 Å². The van der Waals surface area contributed by atoms with E-state index in [-0.39, 0.29) is 5.91 Å². The molecule has 94 valence electrons. The number of carbonyl (C=O) groups is 1. The highest BCUT2D eigenvalue weighted by atomic mass is 16.1. The summed E-state index contributed by atoms with van der Waals surface area (Å²) in [7, 11) is 5.86. The second-order valence-corrected chi connectivity index (χ2v) is 4.29. The minimum atomic E-state index is -0.00944. The van der Waals surface area contributed by atoms with Crippen LogP contribution in [0.5, 0.6) is 0 Å². The molecule has 4 nitrogen and oxygen atoms in total. The Labute approximate surface area is 103 Å². The van der Waals surface area contributed by atoms with Crippen LogP contribution in [0.1, 0.15) is 15.9 Å². The number of hydrogen-bond donors (Lipinski definition) is 2. The lowest BCUT2D eigenvalue weighted by Gasteiger charge is -2.10. The summed E-state index contributed by atoms with van der Waals surface area (Å²) < 4.78 is 0. The van der Waals surface area contributed by atoms with E-state index in [2.05, 4.69) is 10.6 Å². The molecule has 4 heteroatoms. The van der Waals surface area contributed by atoms with E-state index in [9.17, 15) is 4.79 Å². The van der Waals surface area contributed by atoms with Crippen LogP contribution >= 0.6 is 0 Å². The Morgan fingerprint density at radius 3 is 2.76 bits per heavy atom. The highest BCUT2D eigenvalue weighted by Gasteiger charge is 2.05. The number of likely N-dealkylation sites (N-methyl/N-ethyl adjacent to an activating group) is 1. The van der Waals surface area contributed by atoms with Gasteiger partial charge in [-0.2, -0.15) is 0 Å². The van der Waals surface area contributed by atoms with Crippen LogP contribution in [0.25, 0.3) is 0 Å². The van der Waals surface area contributed by atoms with Crippen molar-refractivity contribution in [3.05, 3.63) is 35.4 Å². The third-order valence-corrected chi connectivity index (χ3v) is 2.41. The Balaban J connectivity index is 2.53. The zero-order valence-corrected chi connectivity index (χ0v) is 10.8. The standard InChI is InChI=1S/C13H21N3O/c1-14-10-11-5-4-6-12(9-11)13(17)15-7-8-16(2)3/h4-6,9,14H,7-8,10H2,1-3H3,(H,15,17). The van der Waals surface area contributed by atoms with E-state index >= 15 is 0 Å². The highest BCUT2D eigenvalue weighted by molar-refractivity contribution is 5.94. The third-order valence-electron chi connectivity index (χ3n) is 2.41. The van der Waals surface area contributed by atoms with Crippen LogP contribution in [-0.4, -0.2) is 45.0 Å². The molecule has 0 aliphatic heterocycles. The predicted molar refractivity (Wildman–Crippen MR) is 70.1 cm³/mol. The van der Waals surface area contributed by atoms with Crippen LogP contribution in [0.15, 0.2) is 24.3 Å². The number of benzene rings is 1. The highest BCUT2D eigenvalue weighted by Crippen LogP contribution is 2.04. The quantitative estimate of drug-likeness (QED) is 0.763. The van der Waals surface area contributed by atoms with Crippen molar-refractivity contribution in [2.24, 2.45) is 0 Å². The van der Waals surface area contributed by atoms with Crippen molar-refractivity contribution in [3.63, 3.8) is 0 Å². The maximum Gasteiger partial charge on any atom is 0.251 e. The maximum absolute atomic E-state index is 11.8. The van der Waals surface area contributed by atoms with E-state index in [1.165, 1.54) is 0 Å². The van der Waals surface area contributed by atoms with Crippen molar-refractivity contribution in [2.75, 3.05) is 34.2 Å². The topological polar surface area (TPSA) is 44.4 Å². The van der Waals surface area contributed by atoms with Crippen molar-refractivity contribution >= 4 is 5.91 Å². The molecule has 0 radical (unpaired) electrons. The molecule has 0 fully saturated rings. The molecule has 0 aliphatic rings. The number of amides is 1. The second-order valence-electron chi connectivity index (χ2n) is 4.29. The van der Waals surface area contributed by atoms with Gasteiger partial charge in [0.05, 0.1) is 0 Å². The van der Waals surface area contributed by atoms with Gasteiger partial charge >= 0.3 is 0 Å². The van der Waals surface area contributed by atoms with Crippen molar-refractivity contribution in [1.82, 2.24) is 15.5 Å². The first kappa shape index (κ1) is 13.7. The van der Waals surface area contributed by atoms with Crippen LogP contribution in [0.3, 0.4) is 0 Å². The van der Waals surface area contributed by atoms with Gasteiger partial charge in [0.15, 0.2) is 0 Å². The molecule has 0 aliphatic carbocycles. The van der Waals surface area contributed by atoms with Crippen molar-refractivity contribution in [2.45, 2.75) is 6.54 Å². The average Bonchev–Trinajstić information content (AvgIpc) is 2.29. The third kappa shape index (κ3) is 4.97. The van der Waals surface area contributed by atoms with Gasteiger partial charge in [-0.15, -0.1) is 0 Å². The fourth-order valence-electron chi connectivity index (χ4n) is 1.52. The van der Waals surface area contributed by atoms with Gasteiger partial charge in [0.25, 0.3) is 5.91 Å². The lowest BCUT2D eigenvalue weighted by atomic mass is 10.1. The molecule has 1 rings (SSSR count). The molecule has 0 unspecified atom stereocenters. The van der Waals surface area contributed by atoms with Crippen LogP contribution in [-0.2, 0) is 6.54 Å². The SMILES string of the molecule is CNCc1cccc(C(=O)NCCN(C)C)c1. The summed E-state index contributed by atoms with van der Waals surface area (Å²) in [6, 6.07) is 7.67. The zero-order chi connectivity index (χ0) is 12.7. The van der Waals surface area contributed by atoms with Gasteiger partial charge in [-0.3, -0.25) is 4.79 Å². The summed E-state index contributed by atoms with van der Waals surface area (Å²) in [6.45, 7) is 2.29. The molecule has 0 heterocycles. The number of nitrogens with zero attached hydrogens (tertiary/aromatic N) is 1. The van der Waals surface area contributed by atoms with Gasteiger partial charge in [0.2, 0.25) is 0 Å². The van der Waals surface area contributed by atoms with E-state index in [4.69, 9.17) is 0 Å². The molecule has 0 saturated carbocycles. The Bertz CT molecular complexity index is 363. The Kier molecular flexibility index (Phi) is 5.66. The molecule has 2 N–H and O–H groups in total. The minimum Gasteiger partial charge on any atom is -0.351 e. The number of nitrogens with one attached hydrogen (secondary N) is 2. The van der Waals surface area contributed by atoms with Gasteiger partial charge in [-0.25, -0.2) is 0 Å². The fraction of sp³-hybridized carbons (Fsp3) is 0.462. The lowest BCUT2D eigenvalue weighted by Crippen LogP contribution is -2.31. The van der Waals surface area contributed by atoms with Crippen molar-refractivity contribution in [1.29, 1.82) is 0 Å². The van der Waals surface area contributed by atoms with Gasteiger partial charge in [-0.05, 0) is 38.8 Å². The van der Waals surface area contributed by atoms with Gasteiger partial charge in [0.1, 0.15) is 0 Å². The molecular weight excluding hydrogens is 214 g/mol. The van der Waals surface area contributed by atoms with Crippen LogP contribution in [0.2, 0.25) is 0 Å². The molecular formula is C13H21N3O. The fourth-order valence-corrected chi connectivity index (χ4v) is 1.52. The van der Waals surface area contributed by atoms with E-state index in [1.54, 1.807) is 0 Å². The minimum absolute atomic E-state index is 0.00944. The van der Waals surface area contributed by atoms with Gasteiger partial charge in [-0.1, -0.05) is 12.1 Å². The van der Waals surface area contributed by atoms with E-state index in [0.717, 1.165) is 24.2 Å². The summed E-state index contributed by atoms with van der Waals surface area (Å²) in [5.41, 5.74) is 1.84. The summed E-state index contributed by atoms with van der Waals surface area (Å²) in [5, 5.41) is 5.97. The van der Waals surface area contributed by atoms with Crippen LogP contribution in [0, 0.1) is 0 Å². The maximum atomic E-state index is 11.8. The summed E-state index contributed by atoms with van der Waals surface area (Å²) in [5.74, 6) is -0.00944. The molecule has 1 amide bonds. The normalized spacial score (nSPS) is 10.6. The number of carbonyl (C=O) groups excluding carboxylic acids is 1. The van der Waals surface area contributed by atoms with E-state index in [1.807, 2.05) is 50.3 Å². The van der Waals surface area contributed by atoms with Crippen LogP contribution in [0.4, 0.5) is 0 Å². The van der Waals surface area contributed by atoms with Crippen molar-refractivity contribution < 1.29 is 4.79 Å². The first-order valence-corrected chi connectivity index (χ1v) is 5.80. The first-order chi connectivity index (χ1) is 8.13. The van der Waals surface area contributed by atoms with E-state index < -0.39 is 0 Å². The number of rotatable bonds is 6. The molecule has 1 aromatic carbocycles.